The Hall–Kier alpha value is -2.23. The second-order valence-corrected chi connectivity index (χ2v) is 5.63. The number of furan rings is 1. The Kier molecular flexibility index (Phi) is 3.69. The summed E-state index contributed by atoms with van der Waals surface area (Å²) in [6.07, 6.45) is 0.528. The van der Waals surface area contributed by atoms with E-state index >= 15 is 0 Å². The monoisotopic (exact) mass is 284 g/mol. The Morgan fingerprint density at radius 3 is 2.90 bits per heavy atom. The molecule has 2 heterocycles. The number of rotatable bonds is 4. The second kappa shape index (κ2) is 5.64. The average molecular weight is 284 g/mol. The molecule has 1 aromatic heterocycles. The van der Waals surface area contributed by atoms with Gasteiger partial charge in [-0.15, -0.1) is 0 Å². The number of amides is 1. The second-order valence-electron chi connectivity index (χ2n) is 5.63. The van der Waals surface area contributed by atoms with Crippen molar-refractivity contribution in [2.24, 2.45) is 0 Å². The standard InChI is InChI=1S/C17H20N2O2/c1-12-7-8-14(21-12)11-19(2)17(20)9-13-10-18-16-6-4-3-5-15(13)16/h3-8,13,18H,9-11H2,1-2H3. The average Bonchev–Trinajstić information content (AvgIpc) is 3.06. The first kappa shape index (κ1) is 13.7. The van der Waals surface area contributed by atoms with Gasteiger partial charge in [-0.3, -0.25) is 4.79 Å². The van der Waals surface area contributed by atoms with E-state index in [0.29, 0.717) is 13.0 Å². The summed E-state index contributed by atoms with van der Waals surface area (Å²) in [5.74, 6) is 2.11. The van der Waals surface area contributed by atoms with Gasteiger partial charge in [0.05, 0.1) is 6.54 Å². The molecular formula is C17H20N2O2. The maximum absolute atomic E-state index is 12.4. The fraction of sp³-hybridized carbons (Fsp3) is 0.353. The quantitative estimate of drug-likeness (QED) is 0.938. The molecule has 1 aliphatic heterocycles. The van der Waals surface area contributed by atoms with E-state index in [1.54, 1.807) is 4.90 Å². The molecule has 0 bridgehead atoms. The SMILES string of the molecule is Cc1ccc(CN(C)C(=O)CC2CNc3ccccc32)o1. The molecule has 2 aromatic rings. The van der Waals surface area contributed by atoms with Gasteiger partial charge in [-0.05, 0) is 30.7 Å². The number of hydrogen-bond acceptors (Lipinski definition) is 3. The summed E-state index contributed by atoms with van der Waals surface area (Å²) in [6, 6.07) is 12.1. The number of hydrogen-bond donors (Lipinski definition) is 1. The maximum Gasteiger partial charge on any atom is 0.223 e. The lowest BCUT2D eigenvalue weighted by molar-refractivity contribution is -0.131. The van der Waals surface area contributed by atoms with E-state index in [9.17, 15) is 4.79 Å². The molecule has 0 saturated heterocycles. The largest absolute Gasteiger partial charge is 0.464 e. The molecule has 0 fully saturated rings. The summed E-state index contributed by atoms with van der Waals surface area (Å²) in [7, 11) is 1.83. The van der Waals surface area contributed by atoms with Crippen molar-refractivity contribution < 1.29 is 9.21 Å². The number of aryl methyl sites for hydroxylation is 1. The molecule has 110 valence electrons. The highest BCUT2D eigenvalue weighted by atomic mass is 16.3. The summed E-state index contributed by atoms with van der Waals surface area (Å²) < 4.78 is 5.52. The van der Waals surface area contributed by atoms with E-state index in [1.165, 1.54) is 5.56 Å². The molecule has 0 spiro atoms. The Morgan fingerprint density at radius 2 is 2.14 bits per heavy atom. The number of anilines is 1. The summed E-state index contributed by atoms with van der Waals surface area (Å²) in [5.41, 5.74) is 2.40. The summed E-state index contributed by atoms with van der Waals surface area (Å²) in [6.45, 7) is 3.26. The third-order valence-electron chi connectivity index (χ3n) is 3.98. The van der Waals surface area contributed by atoms with Crippen LogP contribution in [0.1, 0.15) is 29.4 Å². The molecule has 1 N–H and O–H groups in total. The lowest BCUT2D eigenvalue weighted by atomic mass is 9.97. The van der Waals surface area contributed by atoms with Crippen LogP contribution in [0.5, 0.6) is 0 Å². The van der Waals surface area contributed by atoms with Crippen molar-refractivity contribution >= 4 is 11.6 Å². The molecule has 1 aromatic carbocycles. The highest BCUT2D eigenvalue weighted by Gasteiger charge is 2.25. The van der Waals surface area contributed by atoms with Gasteiger partial charge in [0.25, 0.3) is 0 Å². The van der Waals surface area contributed by atoms with Crippen molar-refractivity contribution in [3.63, 3.8) is 0 Å². The van der Waals surface area contributed by atoms with E-state index in [4.69, 9.17) is 4.42 Å². The van der Waals surface area contributed by atoms with Crippen molar-refractivity contribution in [1.82, 2.24) is 4.90 Å². The molecule has 1 unspecified atom stereocenters. The van der Waals surface area contributed by atoms with Gasteiger partial charge in [-0.1, -0.05) is 18.2 Å². The van der Waals surface area contributed by atoms with Crippen LogP contribution >= 0.6 is 0 Å². The van der Waals surface area contributed by atoms with Gasteiger partial charge in [0.2, 0.25) is 5.91 Å². The molecule has 4 nitrogen and oxygen atoms in total. The van der Waals surface area contributed by atoms with Crippen molar-refractivity contribution in [2.45, 2.75) is 25.8 Å². The van der Waals surface area contributed by atoms with E-state index in [0.717, 1.165) is 23.8 Å². The van der Waals surface area contributed by atoms with Gasteiger partial charge >= 0.3 is 0 Å². The minimum Gasteiger partial charge on any atom is -0.464 e. The van der Waals surface area contributed by atoms with E-state index in [1.807, 2.05) is 38.2 Å². The fourth-order valence-electron chi connectivity index (χ4n) is 2.80. The Bertz CT molecular complexity index is 648. The molecule has 3 rings (SSSR count). The number of nitrogens with one attached hydrogen (secondary N) is 1. The van der Waals surface area contributed by atoms with Crippen LogP contribution in [0, 0.1) is 6.92 Å². The summed E-state index contributed by atoms with van der Waals surface area (Å²) >= 11 is 0. The topological polar surface area (TPSA) is 45.5 Å². The van der Waals surface area contributed by atoms with E-state index < -0.39 is 0 Å². The molecule has 0 saturated carbocycles. The molecular weight excluding hydrogens is 264 g/mol. The molecule has 1 amide bonds. The zero-order valence-corrected chi connectivity index (χ0v) is 12.4. The third-order valence-corrected chi connectivity index (χ3v) is 3.98. The van der Waals surface area contributed by atoms with Crippen LogP contribution < -0.4 is 5.32 Å². The van der Waals surface area contributed by atoms with Crippen LogP contribution in [0.4, 0.5) is 5.69 Å². The van der Waals surface area contributed by atoms with Gasteiger partial charge in [0, 0.05) is 31.6 Å². The van der Waals surface area contributed by atoms with Crippen LogP contribution in [0.3, 0.4) is 0 Å². The molecule has 21 heavy (non-hydrogen) atoms. The molecule has 1 aliphatic rings. The predicted molar refractivity (Wildman–Crippen MR) is 82.2 cm³/mol. The molecule has 0 radical (unpaired) electrons. The summed E-state index contributed by atoms with van der Waals surface area (Å²) in [5, 5.41) is 3.36. The highest BCUT2D eigenvalue weighted by Crippen LogP contribution is 2.33. The van der Waals surface area contributed by atoms with Gasteiger partial charge in [-0.25, -0.2) is 0 Å². The van der Waals surface area contributed by atoms with Gasteiger partial charge in [0.15, 0.2) is 0 Å². The third kappa shape index (κ3) is 2.94. The van der Waals surface area contributed by atoms with Gasteiger partial charge in [-0.2, -0.15) is 0 Å². The summed E-state index contributed by atoms with van der Waals surface area (Å²) in [4.78, 5) is 14.1. The lowest BCUT2D eigenvalue weighted by Gasteiger charge is -2.18. The molecule has 4 heteroatoms. The minimum absolute atomic E-state index is 0.146. The van der Waals surface area contributed by atoms with Crippen molar-refractivity contribution in [2.75, 3.05) is 18.9 Å². The van der Waals surface area contributed by atoms with Gasteiger partial charge < -0.3 is 14.6 Å². The molecule has 1 atom stereocenters. The highest BCUT2D eigenvalue weighted by molar-refractivity contribution is 5.78. The number of fused-ring (bicyclic) bond motifs is 1. The van der Waals surface area contributed by atoms with Crippen molar-refractivity contribution in [3.05, 3.63) is 53.5 Å². The van der Waals surface area contributed by atoms with Crippen molar-refractivity contribution in [3.8, 4) is 0 Å². The fourth-order valence-corrected chi connectivity index (χ4v) is 2.80. The zero-order chi connectivity index (χ0) is 14.8. The van der Waals surface area contributed by atoms with Crippen LogP contribution in [-0.2, 0) is 11.3 Å². The number of carbonyl (C=O) groups is 1. The number of carbonyl (C=O) groups excluding carboxylic acids is 1. The van der Waals surface area contributed by atoms with Crippen molar-refractivity contribution in [1.29, 1.82) is 0 Å². The Morgan fingerprint density at radius 1 is 1.33 bits per heavy atom. The number of benzene rings is 1. The predicted octanol–water partition coefficient (Wildman–Crippen LogP) is 3.15. The Labute approximate surface area is 124 Å². The first-order valence-electron chi connectivity index (χ1n) is 7.25. The van der Waals surface area contributed by atoms with Crippen LogP contribution in [0.25, 0.3) is 0 Å². The van der Waals surface area contributed by atoms with Crippen LogP contribution in [0.2, 0.25) is 0 Å². The number of para-hydroxylation sites is 1. The van der Waals surface area contributed by atoms with E-state index in [-0.39, 0.29) is 11.8 Å². The van der Waals surface area contributed by atoms with Crippen LogP contribution in [-0.4, -0.2) is 24.4 Å². The van der Waals surface area contributed by atoms with Gasteiger partial charge in [0.1, 0.15) is 11.5 Å². The minimum atomic E-state index is 0.146. The lowest BCUT2D eigenvalue weighted by Crippen LogP contribution is -2.27. The molecule has 0 aliphatic carbocycles. The smallest absolute Gasteiger partial charge is 0.223 e. The normalized spacial score (nSPS) is 16.4. The Balaban J connectivity index is 1.62. The number of nitrogens with zero attached hydrogens (tertiary/aromatic N) is 1. The van der Waals surface area contributed by atoms with Crippen LogP contribution in [0.15, 0.2) is 40.8 Å². The maximum atomic E-state index is 12.4. The van der Waals surface area contributed by atoms with E-state index in [2.05, 4.69) is 17.4 Å². The first-order valence-corrected chi connectivity index (χ1v) is 7.25. The first-order chi connectivity index (χ1) is 10.1. The zero-order valence-electron chi connectivity index (χ0n) is 12.4.